The molecule has 1 aromatic heterocycles. The van der Waals surface area contributed by atoms with Crippen LogP contribution in [0.25, 0.3) is 10.9 Å². The Morgan fingerprint density at radius 1 is 1.05 bits per heavy atom. The minimum absolute atomic E-state index is 0.00156. The standard InChI is InChI=1S/C18H15NO2/c1-12-16(18(20)13-6-4-3-5-7-13)10-14-8-9-15(21-2)11-17(14)19-12/h3-11H,1-2H3. The van der Waals surface area contributed by atoms with Gasteiger partial charge in [-0.2, -0.15) is 0 Å². The van der Waals surface area contributed by atoms with Crippen molar-refractivity contribution in [1.29, 1.82) is 0 Å². The maximum atomic E-state index is 12.6. The Hall–Kier alpha value is -2.68. The summed E-state index contributed by atoms with van der Waals surface area (Å²) in [5.41, 5.74) is 2.87. The third-order valence-corrected chi connectivity index (χ3v) is 3.50. The van der Waals surface area contributed by atoms with E-state index in [9.17, 15) is 4.79 Å². The highest BCUT2D eigenvalue weighted by Gasteiger charge is 2.13. The van der Waals surface area contributed by atoms with Crippen LogP contribution in [0.1, 0.15) is 21.6 Å². The van der Waals surface area contributed by atoms with Gasteiger partial charge < -0.3 is 4.74 Å². The van der Waals surface area contributed by atoms with Crippen LogP contribution in [0.3, 0.4) is 0 Å². The van der Waals surface area contributed by atoms with Crippen molar-refractivity contribution in [3.8, 4) is 5.75 Å². The molecular weight excluding hydrogens is 262 g/mol. The van der Waals surface area contributed by atoms with Crippen LogP contribution in [0.15, 0.2) is 54.6 Å². The third-order valence-electron chi connectivity index (χ3n) is 3.50. The summed E-state index contributed by atoms with van der Waals surface area (Å²) >= 11 is 0. The lowest BCUT2D eigenvalue weighted by Gasteiger charge is -2.08. The number of aryl methyl sites for hydroxylation is 1. The van der Waals surface area contributed by atoms with Gasteiger partial charge in [0, 0.05) is 28.3 Å². The lowest BCUT2D eigenvalue weighted by atomic mass is 10.0. The van der Waals surface area contributed by atoms with E-state index in [0.29, 0.717) is 11.1 Å². The summed E-state index contributed by atoms with van der Waals surface area (Å²) < 4.78 is 5.20. The average molecular weight is 277 g/mol. The lowest BCUT2D eigenvalue weighted by Crippen LogP contribution is -2.05. The number of benzene rings is 2. The second kappa shape index (κ2) is 5.37. The molecule has 3 heteroatoms. The van der Waals surface area contributed by atoms with Crippen LogP contribution in [-0.2, 0) is 0 Å². The van der Waals surface area contributed by atoms with Gasteiger partial charge in [0.05, 0.1) is 12.6 Å². The average Bonchev–Trinajstić information content (AvgIpc) is 2.53. The summed E-state index contributed by atoms with van der Waals surface area (Å²) in [5, 5.41) is 0.931. The van der Waals surface area contributed by atoms with Crippen LogP contribution in [0, 0.1) is 6.92 Å². The monoisotopic (exact) mass is 277 g/mol. The molecule has 0 aliphatic heterocycles. The number of rotatable bonds is 3. The van der Waals surface area contributed by atoms with Crippen molar-refractivity contribution in [1.82, 2.24) is 4.98 Å². The lowest BCUT2D eigenvalue weighted by molar-refractivity contribution is 0.103. The highest BCUT2D eigenvalue weighted by Crippen LogP contribution is 2.23. The summed E-state index contributed by atoms with van der Waals surface area (Å²) in [6.07, 6.45) is 0. The van der Waals surface area contributed by atoms with Crippen LogP contribution in [0.4, 0.5) is 0 Å². The Morgan fingerprint density at radius 2 is 1.81 bits per heavy atom. The summed E-state index contributed by atoms with van der Waals surface area (Å²) in [4.78, 5) is 17.1. The van der Waals surface area contributed by atoms with Crippen molar-refractivity contribution in [3.05, 3.63) is 71.4 Å². The van der Waals surface area contributed by atoms with Gasteiger partial charge in [0.1, 0.15) is 5.75 Å². The molecule has 104 valence electrons. The first-order chi connectivity index (χ1) is 10.2. The quantitative estimate of drug-likeness (QED) is 0.684. The number of pyridine rings is 1. The second-order valence-corrected chi connectivity index (χ2v) is 4.88. The number of carbonyl (C=O) groups is 1. The first-order valence-corrected chi connectivity index (χ1v) is 6.74. The molecule has 0 saturated heterocycles. The molecule has 3 nitrogen and oxygen atoms in total. The van der Waals surface area contributed by atoms with Crippen LogP contribution in [-0.4, -0.2) is 17.9 Å². The molecule has 0 bridgehead atoms. The smallest absolute Gasteiger partial charge is 0.194 e. The van der Waals surface area contributed by atoms with E-state index in [2.05, 4.69) is 4.98 Å². The van der Waals surface area contributed by atoms with Gasteiger partial charge in [-0.3, -0.25) is 9.78 Å². The Bertz CT molecular complexity index is 810. The molecule has 0 atom stereocenters. The van der Waals surface area contributed by atoms with Gasteiger partial charge in [-0.15, -0.1) is 0 Å². The second-order valence-electron chi connectivity index (χ2n) is 4.88. The maximum absolute atomic E-state index is 12.6. The Labute approximate surface area is 123 Å². The van der Waals surface area contributed by atoms with Gasteiger partial charge in [0.15, 0.2) is 5.78 Å². The molecule has 0 aliphatic rings. The van der Waals surface area contributed by atoms with Crippen LogP contribution >= 0.6 is 0 Å². The molecule has 0 aliphatic carbocycles. The highest BCUT2D eigenvalue weighted by molar-refractivity contribution is 6.11. The van der Waals surface area contributed by atoms with Gasteiger partial charge in [-0.05, 0) is 25.1 Å². The van der Waals surface area contributed by atoms with E-state index in [1.807, 2.05) is 61.5 Å². The minimum atomic E-state index is -0.00156. The van der Waals surface area contributed by atoms with Gasteiger partial charge in [-0.1, -0.05) is 30.3 Å². The van der Waals surface area contributed by atoms with Gasteiger partial charge in [-0.25, -0.2) is 0 Å². The van der Waals surface area contributed by atoms with Gasteiger partial charge in [0.2, 0.25) is 0 Å². The summed E-state index contributed by atoms with van der Waals surface area (Å²) in [6.45, 7) is 1.86. The van der Waals surface area contributed by atoms with Crippen molar-refractivity contribution in [3.63, 3.8) is 0 Å². The molecular formula is C18H15NO2. The summed E-state index contributed by atoms with van der Waals surface area (Å²) in [5.74, 6) is 0.759. The summed E-state index contributed by atoms with van der Waals surface area (Å²) in [7, 11) is 1.63. The predicted octanol–water partition coefficient (Wildman–Crippen LogP) is 3.78. The topological polar surface area (TPSA) is 39.2 Å². The fraction of sp³-hybridized carbons (Fsp3) is 0.111. The van der Waals surface area contributed by atoms with Crippen molar-refractivity contribution in [2.45, 2.75) is 6.92 Å². The van der Waals surface area contributed by atoms with Crippen molar-refractivity contribution < 1.29 is 9.53 Å². The third kappa shape index (κ3) is 2.50. The van der Waals surface area contributed by atoms with Gasteiger partial charge >= 0.3 is 0 Å². The van der Waals surface area contributed by atoms with E-state index >= 15 is 0 Å². The normalized spacial score (nSPS) is 10.6. The molecule has 3 rings (SSSR count). The van der Waals surface area contributed by atoms with Crippen LogP contribution in [0.5, 0.6) is 5.75 Å². The Balaban J connectivity index is 2.11. The number of fused-ring (bicyclic) bond motifs is 1. The number of aromatic nitrogens is 1. The number of methoxy groups -OCH3 is 1. The predicted molar refractivity (Wildman–Crippen MR) is 82.9 cm³/mol. The van der Waals surface area contributed by atoms with E-state index in [0.717, 1.165) is 22.3 Å². The van der Waals surface area contributed by atoms with Crippen molar-refractivity contribution >= 4 is 16.7 Å². The fourth-order valence-electron chi connectivity index (χ4n) is 2.35. The number of carbonyl (C=O) groups excluding carboxylic acids is 1. The maximum Gasteiger partial charge on any atom is 0.194 e. The molecule has 21 heavy (non-hydrogen) atoms. The molecule has 0 saturated carbocycles. The summed E-state index contributed by atoms with van der Waals surface area (Å²) in [6, 6.07) is 16.8. The first-order valence-electron chi connectivity index (χ1n) is 6.74. The van der Waals surface area contributed by atoms with E-state index < -0.39 is 0 Å². The van der Waals surface area contributed by atoms with Crippen LogP contribution in [0.2, 0.25) is 0 Å². The molecule has 0 fully saturated rings. The molecule has 0 N–H and O–H groups in total. The first kappa shape index (κ1) is 13.3. The zero-order chi connectivity index (χ0) is 14.8. The van der Waals surface area contributed by atoms with Crippen molar-refractivity contribution in [2.75, 3.05) is 7.11 Å². The zero-order valence-corrected chi connectivity index (χ0v) is 12.0. The van der Waals surface area contributed by atoms with Gasteiger partial charge in [0.25, 0.3) is 0 Å². The molecule has 0 amide bonds. The molecule has 0 spiro atoms. The number of ketones is 1. The molecule has 0 unspecified atom stereocenters. The molecule has 0 radical (unpaired) electrons. The minimum Gasteiger partial charge on any atom is -0.497 e. The number of ether oxygens (including phenoxy) is 1. The van der Waals surface area contributed by atoms with E-state index in [4.69, 9.17) is 4.74 Å². The van der Waals surface area contributed by atoms with E-state index in [-0.39, 0.29) is 5.78 Å². The molecule has 3 aromatic rings. The molecule has 1 heterocycles. The van der Waals surface area contributed by atoms with E-state index in [1.54, 1.807) is 7.11 Å². The number of hydrogen-bond acceptors (Lipinski definition) is 3. The SMILES string of the molecule is COc1ccc2cc(C(=O)c3ccccc3)c(C)nc2c1. The number of hydrogen-bond donors (Lipinski definition) is 0. The number of nitrogens with zero attached hydrogens (tertiary/aromatic N) is 1. The fourth-order valence-corrected chi connectivity index (χ4v) is 2.35. The zero-order valence-electron chi connectivity index (χ0n) is 12.0. The van der Waals surface area contributed by atoms with Crippen molar-refractivity contribution in [2.24, 2.45) is 0 Å². The van der Waals surface area contributed by atoms with E-state index in [1.165, 1.54) is 0 Å². The largest absolute Gasteiger partial charge is 0.497 e. The Morgan fingerprint density at radius 3 is 2.52 bits per heavy atom. The van der Waals surface area contributed by atoms with Crippen LogP contribution < -0.4 is 4.74 Å². The Kier molecular flexibility index (Phi) is 3.40. The molecule has 2 aromatic carbocycles. The highest BCUT2D eigenvalue weighted by atomic mass is 16.5.